The molecule has 0 spiro atoms. The highest BCUT2D eigenvalue weighted by atomic mass is 32.2. The Balaban J connectivity index is 2.20. The van der Waals surface area contributed by atoms with E-state index in [1.165, 1.54) is 4.90 Å². The Bertz CT molecular complexity index is 595. The number of carbonyl (C=O) groups excluding carboxylic acids is 2. The quantitative estimate of drug-likeness (QED) is 0.775. The van der Waals surface area contributed by atoms with Crippen molar-refractivity contribution >= 4 is 29.0 Å². The van der Waals surface area contributed by atoms with Crippen LogP contribution < -0.4 is 4.74 Å². The van der Waals surface area contributed by atoms with Crippen molar-refractivity contribution in [2.75, 3.05) is 13.7 Å². The summed E-state index contributed by atoms with van der Waals surface area (Å²) in [5.74, 6) is 0.620. The molecule has 0 aromatic heterocycles. The zero-order valence-electron chi connectivity index (χ0n) is 12.5. The number of unbranched alkanes of at least 4 members (excludes halogenated alkanes) is 1. The Labute approximate surface area is 129 Å². The maximum Gasteiger partial charge on any atom is 0.293 e. The minimum Gasteiger partial charge on any atom is -0.496 e. The van der Waals surface area contributed by atoms with E-state index in [-0.39, 0.29) is 11.1 Å². The van der Waals surface area contributed by atoms with Crippen molar-refractivity contribution in [3.05, 3.63) is 34.2 Å². The minimum atomic E-state index is -0.188. The van der Waals surface area contributed by atoms with Gasteiger partial charge in [0.15, 0.2) is 0 Å². The third kappa shape index (κ3) is 3.47. The maximum atomic E-state index is 12.2. The Morgan fingerprint density at radius 2 is 2.10 bits per heavy atom. The molecule has 5 heteroatoms. The van der Waals surface area contributed by atoms with E-state index in [0.29, 0.717) is 11.4 Å². The van der Waals surface area contributed by atoms with E-state index in [4.69, 9.17) is 4.74 Å². The predicted molar refractivity (Wildman–Crippen MR) is 85.3 cm³/mol. The van der Waals surface area contributed by atoms with Crippen LogP contribution in [0.3, 0.4) is 0 Å². The van der Waals surface area contributed by atoms with Crippen molar-refractivity contribution in [1.82, 2.24) is 4.90 Å². The zero-order valence-corrected chi connectivity index (χ0v) is 13.3. The number of amides is 2. The summed E-state index contributed by atoms with van der Waals surface area (Å²) < 4.78 is 5.21. The van der Waals surface area contributed by atoms with Gasteiger partial charge in [0, 0.05) is 6.54 Å². The first-order chi connectivity index (χ1) is 10.1. The Kier molecular flexibility index (Phi) is 5.07. The molecule has 0 bridgehead atoms. The molecule has 2 amide bonds. The van der Waals surface area contributed by atoms with Crippen LogP contribution in [0, 0.1) is 6.92 Å². The van der Waals surface area contributed by atoms with E-state index in [1.807, 2.05) is 32.0 Å². The number of nitrogens with zero attached hydrogens (tertiary/aromatic N) is 1. The van der Waals surface area contributed by atoms with Gasteiger partial charge in [0.2, 0.25) is 0 Å². The van der Waals surface area contributed by atoms with Gasteiger partial charge in [-0.25, -0.2) is 0 Å². The molecule has 1 aromatic rings. The highest BCUT2D eigenvalue weighted by molar-refractivity contribution is 8.18. The Morgan fingerprint density at radius 3 is 2.71 bits per heavy atom. The number of carbonyl (C=O) groups is 2. The lowest BCUT2D eigenvalue weighted by Crippen LogP contribution is -2.29. The zero-order chi connectivity index (χ0) is 15.4. The molecule has 1 fully saturated rings. The van der Waals surface area contributed by atoms with E-state index in [9.17, 15) is 9.59 Å². The number of benzene rings is 1. The fourth-order valence-corrected chi connectivity index (χ4v) is 3.02. The first-order valence-electron chi connectivity index (χ1n) is 6.96. The second-order valence-corrected chi connectivity index (χ2v) is 5.91. The van der Waals surface area contributed by atoms with Gasteiger partial charge in [0.1, 0.15) is 5.75 Å². The first kappa shape index (κ1) is 15.6. The maximum absolute atomic E-state index is 12.2. The normalized spacial score (nSPS) is 16.9. The van der Waals surface area contributed by atoms with Crippen molar-refractivity contribution in [3.8, 4) is 5.75 Å². The minimum absolute atomic E-state index is 0.176. The van der Waals surface area contributed by atoms with E-state index in [2.05, 4.69) is 0 Å². The molecule has 1 saturated heterocycles. The lowest BCUT2D eigenvalue weighted by atomic mass is 10.1. The third-order valence-electron chi connectivity index (χ3n) is 3.33. The number of methoxy groups -OCH3 is 1. The van der Waals surface area contributed by atoms with Crippen molar-refractivity contribution in [2.45, 2.75) is 26.7 Å². The predicted octanol–water partition coefficient (Wildman–Crippen LogP) is 3.84. The second-order valence-electron chi connectivity index (χ2n) is 4.92. The van der Waals surface area contributed by atoms with Crippen LogP contribution in [0.15, 0.2) is 23.1 Å². The molecular weight excluding hydrogens is 286 g/mol. The first-order valence-corrected chi connectivity index (χ1v) is 7.78. The number of imide groups is 1. The van der Waals surface area contributed by atoms with Crippen LogP contribution in [-0.2, 0) is 4.79 Å². The van der Waals surface area contributed by atoms with Gasteiger partial charge in [-0.2, -0.15) is 0 Å². The van der Waals surface area contributed by atoms with Gasteiger partial charge in [-0.3, -0.25) is 14.5 Å². The van der Waals surface area contributed by atoms with Crippen LogP contribution >= 0.6 is 11.8 Å². The molecule has 112 valence electrons. The SMILES string of the molecule is CCCCN1C(=O)SC(=Cc2ccc(OC)c(C)c2)C1=O. The summed E-state index contributed by atoms with van der Waals surface area (Å²) in [7, 11) is 1.63. The smallest absolute Gasteiger partial charge is 0.293 e. The van der Waals surface area contributed by atoms with Crippen molar-refractivity contribution in [3.63, 3.8) is 0 Å². The standard InChI is InChI=1S/C16H19NO3S/c1-4-5-8-17-15(18)14(21-16(17)19)10-12-6-7-13(20-3)11(2)9-12/h6-7,9-10H,4-5,8H2,1-3H3. The molecule has 4 nitrogen and oxygen atoms in total. The van der Waals surface area contributed by atoms with E-state index in [1.54, 1.807) is 13.2 Å². The molecule has 1 aliphatic heterocycles. The molecule has 1 heterocycles. The van der Waals surface area contributed by atoms with Gasteiger partial charge in [-0.05, 0) is 54.4 Å². The molecular formula is C16H19NO3S. The number of ether oxygens (including phenoxy) is 1. The molecule has 21 heavy (non-hydrogen) atoms. The molecule has 0 saturated carbocycles. The summed E-state index contributed by atoms with van der Waals surface area (Å²) in [6.45, 7) is 4.48. The molecule has 2 rings (SSSR count). The number of rotatable bonds is 5. The third-order valence-corrected chi connectivity index (χ3v) is 4.23. The number of hydrogen-bond donors (Lipinski definition) is 0. The summed E-state index contributed by atoms with van der Waals surface area (Å²) in [5.41, 5.74) is 1.89. The van der Waals surface area contributed by atoms with Crippen LogP contribution in [0.1, 0.15) is 30.9 Å². The summed E-state index contributed by atoms with van der Waals surface area (Å²) in [6, 6.07) is 5.69. The largest absolute Gasteiger partial charge is 0.496 e. The monoisotopic (exact) mass is 305 g/mol. The van der Waals surface area contributed by atoms with Crippen LogP contribution in [0.25, 0.3) is 6.08 Å². The van der Waals surface area contributed by atoms with Crippen LogP contribution in [-0.4, -0.2) is 29.7 Å². The average molecular weight is 305 g/mol. The topological polar surface area (TPSA) is 46.6 Å². The lowest BCUT2D eigenvalue weighted by molar-refractivity contribution is -0.122. The van der Waals surface area contributed by atoms with Gasteiger partial charge in [-0.1, -0.05) is 19.4 Å². The molecule has 0 atom stereocenters. The Hall–Kier alpha value is -1.75. The second kappa shape index (κ2) is 6.80. The summed E-state index contributed by atoms with van der Waals surface area (Å²) in [6.07, 6.45) is 3.56. The summed E-state index contributed by atoms with van der Waals surface area (Å²) in [5, 5.41) is -0.176. The van der Waals surface area contributed by atoms with E-state index in [0.717, 1.165) is 41.5 Å². The van der Waals surface area contributed by atoms with Crippen LogP contribution in [0.4, 0.5) is 4.79 Å². The molecule has 0 radical (unpaired) electrons. The van der Waals surface area contributed by atoms with Gasteiger partial charge < -0.3 is 4.74 Å². The molecule has 0 aliphatic carbocycles. The highest BCUT2D eigenvalue weighted by Gasteiger charge is 2.34. The number of thioether (sulfide) groups is 1. The number of hydrogen-bond acceptors (Lipinski definition) is 4. The van der Waals surface area contributed by atoms with Gasteiger partial charge in [-0.15, -0.1) is 0 Å². The van der Waals surface area contributed by atoms with E-state index < -0.39 is 0 Å². The number of aryl methyl sites for hydroxylation is 1. The summed E-state index contributed by atoms with van der Waals surface area (Å²) in [4.78, 5) is 25.9. The lowest BCUT2D eigenvalue weighted by Gasteiger charge is -2.10. The Morgan fingerprint density at radius 1 is 1.33 bits per heavy atom. The van der Waals surface area contributed by atoms with Gasteiger partial charge in [0.25, 0.3) is 11.1 Å². The van der Waals surface area contributed by atoms with Crippen molar-refractivity contribution in [2.24, 2.45) is 0 Å². The van der Waals surface area contributed by atoms with Crippen molar-refractivity contribution in [1.29, 1.82) is 0 Å². The molecule has 0 unspecified atom stereocenters. The van der Waals surface area contributed by atoms with Crippen LogP contribution in [0.5, 0.6) is 5.75 Å². The van der Waals surface area contributed by atoms with Gasteiger partial charge in [0.05, 0.1) is 12.0 Å². The molecule has 1 aromatic carbocycles. The van der Waals surface area contributed by atoms with E-state index >= 15 is 0 Å². The molecule has 0 N–H and O–H groups in total. The fourth-order valence-electron chi connectivity index (χ4n) is 2.15. The molecule has 1 aliphatic rings. The average Bonchev–Trinajstić information content (AvgIpc) is 2.72. The fraction of sp³-hybridized carbons (Fsp3) is 0.375. The summed E-state index contributed by atoms with van der Waals surface area (Å²) >= 11 is 1.01. The highest BCUT2D eigenvalue weighted by Crippen LogP contribution is 2.33. The van der Waals surface area contributed by atoms with Gasteiger partial charge >= 0.3 is 0 Å². The van der Waals surface area contributed by atoms with Crippen molar-refractivity contribution < 1.29 is 14.3 Å². The van der Waals surface area contributed by atoms with Crippen LogP contribution in [0.2, 0.25) is 0 Å².